The number of benzene rings is 2. The van der Waals surface area contributed by atoms with Gasteiger partial charge in [0, 0.05) is 18.1 Å². The fraction of sp³-hybridized carbons (Fsp3) is 0.250. The minimum Gasteiger partial charge on any atom is -0.342 e. The number of alkyl halides is 1. The van der Waals surface area contributed by atoms with Crippen molar-refractivity contribution in [1.82, 2.24) is 0 Å². The third-order valence-electron chi connectivity index (χ3n) is 3.26. The van der Waals surface area contributed by atoms with Crippen LogP contribution in [0.3, 0.4) is 0 Å². The lowest BCUT2D eigenvalue weighted by Gasteiger charge is -2.20. The summed E-state index contributed by atoms with van der Waals surface area (Å²) in [5.41, 5.74) is 3.81. The molecule has 100 valence electrons. The molecule has 3 heteroatoms. The fourth-order valence-corrected chi connectivity index (χ4v) is 2.35. The number of halogens is 2. The lowest BCUT2D eigenvalue weighted by molar-refractivity contribution is 0.626. The molecule has 0 bridgehead atoms. The Morgan fingerprint density at radius 1 is 1.05 bits per heavy atom. The van der Waals surface area contributed by atoms with E-state index in [1.807, 2.05) is 36.2 Å². The van der Waals surface area contributed by atoms with E-state index in [9.17, 15) is 4.39 Å². The lowest BCUT2D eigenvalue weighted by Crippen LogP contribution is -2.11. The van der Waals surface area contributed by atoms with Gasteiger partial charge in [0.05, 0.1) is 5.69 Å². The van der Waals surface area contributed by atoms with E-state index in [2.05, 4.69) is 35.0 Å². The minimum atomic E-state index is -0.195. The van der Waals surface area contributed by atoms with Crippen molar-refractivity contribution in [2.75, 3.05) is 11.9 Å². The number of hydrogen-bond acceptors (Lipinski definition) is 1. The van der Waals surface area contributed by atoms with Crippen LogP contribution in [0.4, 0.5) is 15.8 Å². The van der Waals surface area contributed by atoms with Crippen LogP contribution in [-0.4, -0.2) is 7.05 Å². The van der Waals surface area contributed by atoms with Crippen LogP contribution in [0.2, 0.25) is 0 Å². The molecule has 2 rings (SSSR count). The summed E-state index contributed by atoms with van der Waals surface area (Å²) in [6.07, 6.45) is 1.01. The van der Waals surface area contributed by atoms with E-state index in [4.69, 9.17) is 0 Å². The topological polar surface area (TPSA) is 3.24 Å². The van der Waals surface area contributed by atoms with Crippen LogP contribution in [0.1, 0.15) is 18.1 Å². The zero-order chi connectivity index (χ0) is 13.8. The van der Waals surface area contributed by atoms with Crippen molar-refractivity contribution in [3.63, 3.8) is 0 Å². The van der Waals surface area contributed by atoms with E-state index in [0.717, 1.165) is 17.7 Å². The van der Waals surface area contributed by atoms with Gasteiger partial charge in [-0.15, -0.1) is 0 Å². The van der Waals surface area contributed by atoms with E-state index in [0.29, 0.717) is 11.0 Å². The van der Waals surface area contributed by atoms with Crippen LogP contribution < -0.4 is 4.90 Å². The third kappa shape index (κ3) is 3.16. The van der Waals surface area contributed by atoms with Gasteiger partial charge in [0.15, 0.2) is 0 Å². The second-order valence-electron chi connectivity index (χ2n) is 4.50. The van der Waals surface area contributed by atoms with Gasteiger partial charge in [0.25, 0.3) is 0 Å². The maximum Gasteiger partial charge on any atom is 0.147 e. The quantitative estimate of drug-likeness (QED) is 0.712. The number of nitrogens with zero attached hydrogens (tertiary/aromatic N) is 1. The first-order chi connectivity index (χ1) is 9.15. The normalized spacial score (nSPS) is 10.5. The smallest absolute Gasteiger partial charge is 0.147 e. The predicted octanol–water partition coefficient (Wildman–Crippen LogP) is 5.05. The first-order valence-electron chi connectivity index (χ1n) is 6.32. The monoisotopic (exact) mass is 321 g/mol. The number of aryl methyl sites for hydroxylation is 1. The van der Waals surface area contributed by atoms with E-state index >= 15 is 0 Å². The van der Waals surface area contributed by atoms with E-state index in [-0.39, 0.29) is 5.82 Å². The number of hydrogen-bond donors (Lipinski definition) is 0. The molecule has 0 heterocycles. The van der Waals surface area contributed by atoms with Gasteiger partial charge in [0.1, 0.15) is 5.82 Å². The van der Waals surface area contributed by atoms with Gasteiger partial charge in [-0.3, -0.25) is 0 Å². The maximum absolute atomic E-state index is 14.1. The molecule has 0 aliphatic carbocycles. The molecular formula is C16H17BrFN. The molecule has 0 spiro atoms. The molecular weight excluding hydrogens is 305 g/mol. The zero-order valence-electron chi connectivity index (χ0n) is 11.2. The largest absolute Gasteiger partial charge is 0.342 e. The van der Waals surface area contributed by atoms with Crippen molar-refractivity contribution in [1.29, 1.82) is 0 Å². The second-order valence-corrected chi connectivity index (χ2v) is 5.06. The summed E-state index contributed by atoms with van der Waals surface area (Å²) < 4.78 is 14.1. The summed E-state index contributed by atoms with van der Waals surface area (Å²) in [4.78, 5) is 1.87. The zero-order valence-corrected chi connectivity index (χ0v) is 12.7. The SMILES string of the molecule is CCc1ccc(N(C)c2ccc(CBr)cc2F)cc1. The highest BCUT2D eigenvalue weighted by Crippen LogP contribution is 2.27. The van der Waals surface area contributed by atoms with Crippen molar-refractivity contribution in [3.05, 3.63) is 59.4 Å². The van der Waals surface area contributed by atoms with Gasteiger partial charge in [-0.05, 0) is 41.8 Å². The summed E-state index contributed by atoms with van der Waals surface area (Å²) in [5.74, 6) is -0.195. The number of anilines is 2. The van der Waals surface area contributed by atoms with Gasteiger partial charge in [0.2, 0.25) is 0 Å². The Bertz CT molecular complexity index is 551. The molecule has 0 atom stereocenters. The highest BCUT2D eigenvalue weighted by molar-refractivity contribution is 9.08. The van der Waals surface area contributed by atoms with Crippen LogP contribution in [0.15, 0.2) is 42.5 Å². The van der Waals surface area contributed by atoms with Crippen molar-refractivity contribution in [2.45, 2.75) is 18.7 Å². The molecule has 0 N–H and O–H groups in total. The first-order valence-corrected chi connectivity index (χ1v) is 7.45. The fourth-order valence-electron chi connectivity index (χ4n) is 2.00. The Morgan fingerprint density at radius 3 is 2.21 bits per heavy atom. The van der Waals surface area contributed by atoms with Gasteiger partial charge >= 0.3 is 0 Å². The van der Waals surface area contributed by atoms with Gasteiger partial charge < -0.3 is 4.90 Å². The highest BCUT2D eigenvalue weighted by atomic mass is 79.9. The van der Waals surface area contributed by atoms with Crippen molar-refractivity contribution < 1.29 is 4.39 Å². The average molecular weight is 322 g/mol. The van der Waals surface area contributed by atoms with Crippen molar-refractivity contribution in [2.24, 2.45) is 0 Å². The van der Waals surface area contributed by atoms with Crippen molar-refractivity contribution >= 4 is 27.3 Å². The molecule has 2 aromatic carbocycles. The summed E-state index contributed by atoms with van der Waals surface area (Å²) in [6, 6.07) is 13.5. The van der Waals surface area contributed by atoms with Gasteiger partial charge in [-0.1, -0.05) is 41.1 Å². The standard InChI is InChI=1S/C16H17BrFN/c1-3-12-4-7-14(8-5-12)19(2)16-9-6-13(11-17)10-15(16)18/h4-10H,3,11H2,1-2H3. The first kappa shape index (κ1) is 14.1. The molecule has 2 aromatic rings. The van der Waals surface area contributed by atoms with Crippen LogP contribution in [0.5, 0.6) is 0 Å². The Morgan fingerprint density at radius 2 is 1.68 bits per heavy atom. The molecule has 0 radical (unpaired) electrons. The molecule has 19 heavy (non-hydrogen) atoms. The molecule has 0 aliphatic heterocycles. The Hall–Kier alpha value is -1.35. The van der Waals surface area contributed by atoms with Crippen LogP contribution in [0, 0.1) is 5.82 Å². The summed E-state index contributed by atoms with van der Waals surface area (Å²) in [5, 5.41) is 0.666. The summed E-state index contributed by atoms with van der Waals surface area (Å²) in [6.45, 7) is 2.12. The molecule has 0 aliphatic rings. The van der Waals surface area contributed by atoms with Crippen LogP contribution in [-0.2, 0) is 11.8 Å². The molecule has 0 unspecified atom stereocenters. The van der Waals surface area contributed by atoms with E-state index in [1.54, 1.807) is 6.07 Å². The second kappa shape index (κ2) is 6.20. The van der Waals surface area contributed by atoms with E-state index < -0.39 is 0 Å². The van der Waals surface area contributed by atoms with Crippen molar-refractivity contribution in [3.8, 4) is 0 Å². The molecule has 0 fully saturated rings. The molecule has 0 aromatic heterocycles. The highest BCUT2D eigenvalue weighted by Gasteiger charge is 2.10. The van der Waals surface area contributed by atoms with Crippen LogP contribution >= 0.6 is 15.9 Å². The number of rotatable bonds is 4. The third-order valence-corrected chi connectivity index (χ3v) is 3.91. The lowest BCUT2D eigenvalue weighted by atomic mass is 10.1. The Balaban J connectivity index is 2.29. The maximum atomic E-state index is 14.1. The van der Waals surface area contributed by atoms with E-state index in [1.165, 1.54) is 5.56 Å². The predicted molar refractivity (Wildman–Crippen MR) is 82.9 cm³/mol. The molecule has 1 nitrogen and oxygen atoms in total. The van der Waals surface area contributed by atoms with Crippen LogP contribution in [0.25, 0.3) is 0 Å². The molecule has 0 amide bonds. The Labute approximate surface area is 122 Å². The summed E-state index contributed by atoms with van der Waals surface area (Å²) >= 11 is 3.33. The molecule has 0 saturated heterocycles. The summed E-state index contributed by atoms with van der Waals surface area (Å²) in [7, 11) is 1.88. The Kier molecular flexibility index (Phi) is 4.59. The molecule has 0 saturated carbocycles. The van der Waals surface area contributed by atoms with Gasteiger partial charge in [-0.2, -0.15) is 0 Å². The van der Waals surface area contributed by atoms with Gasteiger partial charge in [-0.25, -0.2) is 4.39 Å². The minimum absolute atomic E-state index is 0.195. The average Bonchev–Trinajstić information content (AvgIpc) is 2.46.